The van der Waals surface area contributed by atoms with Crippen molar-refractivity contribution in [3.05, 3.63) is 23.8 Å². The van der Waals surface area contributed by atoms with Crippen LogP contribution in [-0.2, 0) is 6.54 Å². The van der Waals surface area contributed by atoms with E-state index in [2.05, 4.69) is 31.7 Å². The summed E-state index contributed by atoms with van der Waals surface area (Å²) in [7, 11) is 1.66. The lowest BCUT2D eigenvalue weighted by Crippen LogP contribution is -2.28. The highest BCUT2D eigenvalue weighted by molar-refractivity contribution is 5.51. The second-order valence-corrected chi connectivity index (χ2v) is 4.91. The highest BCUT2D eigenvalue weighted by Crippen LogP contribution is 2.21. The molecule has 18 heavy (non-hydrogen) atoms. The van der Waals surface area contributed by atoms with Gasteiger partial charge in [-0.2, -0.15) is 0 Å². The first-order valence-electron chi connectivity index (χ1n) is 6.75. The van der Waals surface area contributed by atoms with Crippen molar-refractivity contribution in [1.29, 1.82) is 0 Å². The van der Waals surface area contributed by atoms with Gasteiger partial charge in [-0.25, -0.2) is 0 Å². The molecule has 0 saturated heterocycles. The molecule has 0 heterocycles. The molecule has 0 aliphatic carbocycles. The van der Waals surface area contributed by atoms with Crippen molar-refractivity contribution in [3.8, 4) is 5.75 Å². The zero-order chi connectivity index (χ0) is 13.5. The van der Waals surface area contributed by atoms with E-state index in [0.29, 0.717) is 0 Å². The minimum absolute atomic E-state index is 0.726. The van der Waals surface area contributed by atoms with Gasteiger partial charge in [0, 0.05) is 24.8 Å². The van der Waals surface area contributed by atoms with E-state index in [1.54, 1.807) is 7.11 Å². The molecule has 0 spiro atoms. The number of nitrogens with zero attached hydrogens (tertiary/aromatic N) is 1. The first-order valence-corrected chi connectivity index (χ1v) is 6.75. The lowest BCUT2D eigenvalue weighted by Gasteiger charge is -2.24. The molecule has 1 atom stereocenters. The molecule has 0 aliphatic heterocycles. The van der Waals surface area contributed by atoms with Crippen LogP contribution in [0.4, 0.5) is 5.69 Å². The monoisotopic (exact) mass is 250 g/mol. The largest absolute Gasteiger partial charge is 0.497 e. The summed E-state index contributed by atoms with van der Waals surface area (Å²) in [6, 6.07) is 5.93. The summed E-state index contributed by atoms with van der Waals surface area (Å²) < 4.78 is 5.17. The second-order valence-electron chi connectivity index (χ2n) is 4.91. The molecule has 0 aromatic heterocycles. The molecular weight excluding hydrogens is 224 g/mol. The van der Waals surface area contributed by atoms with Gasteiger partial charge in [-0.15, -0.1) is 0 Å². The van der Waals surface area contributed by atoms with Crippen LogP contribution < -0.4 is 10.5 Å². The molecule has 1 rings (SSSR count). The maximum Gasteiger partial charge on any atom is 0.120 e. The van der Waals surface area contributed by atoms with E-state index in [1.165, 1.54) is 12.0 Å². The molecule has 2 N–H and O–H groups in total. The highest BCUT2D eigenvalue weighted by atomic mass is 16.5. The summed E-state index contributed by atoms with van der Waals surface area (Å²) in [5.74, 6) is 1.55. The first kappa shape index (κ1) is 14.8. The fourth-order valence-corrected chi connectivity index (χ4v) is 1.96. The predicted octanol–water partition coefficient (Wildman–Crippen LogP) is 3.15. The van der Waals surface area contributed by atoms with Gasteiger partial charge in [0.15, 0.2) is 0 Å². The van der Waals surface area contributed by atoms with Crippen LogP contribution >= 0.6 is 0 Å². The quantitative estimate of drug-likeness (QED) is 0.756. The van der Waals surface area contributed by atoms with Crippen LogP contribution in [-0.4, -0.2) is 25.1 Å². The van der Waals surface area contributed by atoms with Crippen LogP contribution in [0.5, 0.6) is 5.75 Å². The van der Waals surface area contributed by atoms with Crippen LogP contribution in [0.25, 0.3) is 0 Å². The lowest BCUT2D eigenvalue weighted by molar-refractivity contribution is 0.238. The number of rotatable bonds is 7. The van der Waals surface area contributed by atoms with Gasteiger partial charge in [-0.1, -0.05) is 33.3 Å². The van der Waals surface area contributed by atoms with Gasteiger partial charge in [0.05, 0.1) is 7.11 Å². The molecule has 0 saturated carbocycles. The second kappa shape index (κ2) is 7.27. The van der Waals surface area contributed by atoms with E-state index in [4.69, 9.17) is 10.5 Å². The van der Waals surface area contributed by atoms with Crippen molar-refractivity contribution in [1.82, 2.24) is 4.90 Å². The molecule has 0 radical (unpaired) electrons. The average molecular weight is 250 g/mol. The van der Waals surface area contributed by atoms with Crippen molar-refractivity contribution < 1.29 is 4.74 Å². The fourth-order valence-electron chi connectivity index (χ4n) is 1.96. The Morgan fingerprint density at radius 3 is 2.56 bits per heavy atom. The average Bonchev–Trinajstić information content (AvgIpc) is 2.39. The number of methoxy groups -OCH3 is 1. The molecular formula is C15H26N2O. The van der Waals surface area contributed by atoms with Crippen molar-refractivity contribution in [3.63, 3.8) is 0 Å². The van der Waals surface area contributed by atoms with E-state index in [0.717, 1.165) is 37.0 Å². The van der Waals surface area contributed by atoms with Crippen molar-refractivity contribution >= 4 is 5.69 Å². The molecule has 0 bridgehead atoms. The fraction of sp³-hybridized carbons (Fsp3) is 0.600. The van der Waals surface area contributed by atoms with Crippen molar-refractivity contribution in [2.45, 2.75) is 33.7 Å². The smallest absolute Gasteiger partial charge is 0.120 e. The lowest BCUT2D eigenvalue weighted by atomic mass is 10.1. The number of ether oxygens (including phenoxy) is 1. The first-order chi connectivity index (χ1) is 8.60. The van der Waals surface area contributed by atoms with Crippen LogP contribution in [0.15, 0.2) is 18.2 Å². The number of hydrogen-bond acceptors (Lipinski definition) is 3. The van der Waals surface area contributed by atoms with E-state index < -0.39 is 0 Å². The van der Waals surface area contributed by atoms with Gasteiger partial charge in [0.25, 0.3) is 0 Å². The third kappa shape index (κ3) is 4.22. The normalized spacial score (nSPS) is 12.7. The summed E-state index contributed by atoms with van der Waals surface area (Å²) >= 11 is 0. The zero-order valence-electron chi connectivity index (χ0n) is 12.1. The van der Waals surface area contributed by atoms with E-state index >= 15 is 0 Å². The minimum Gasteiger partial charge on any atom is -0.497 e. The maximum absolute atomic E-state index is 6.06. The Morgan fingerprint density at radius 1 is 1.33 bits per heavy atom. The van der Waals surface area contributed by atoms with Gasteiger partial charge in [0.1, 0.15) is 5.75 Å². The SMILES string of the molecule is CCC(C)CN(CC)Cc1ccc(OC)cc1N. The maximum atomic E-state index is 6.06. The summed E-state index contributed by atoms with van der Waals surface area (Å²) in [4.78, 5) is 2.44. The highest BCUT2D eigenvalue weighted by Gasteiger charge is 2.10. The third-order valence-corrected chi connectivity index (χ3v) is 3.46. The Bertz CT molecular complexity index is 366. The number of hydrogen-bond donors (Lipinski definition) is 1. The molecule has 3 heteroatoms. The molecule has 1 unspecified atom stereocenters. The summed E-state index contributed by atoms with van der Waals surface area (Å²) in [5.41, 5.74) is 8.05. The topological polar surface area (TPSA) is 38.5 Å². The van der Waals surface area contributed by atoms with Crippen LogP contribution in [0, 0.1) is 5.92 Å². The molecule has 1 aromatic carbocycles. The van der Waals surface area contributed by atoms with E-state index in [1.807, 2.05) is 12.1 Å². The zero-order valence-corrected chi connectivity index (χ0v) is 12.1. The Morgan fingerprint density at radius 2 is 2.06 bits per heavy atom. The van der Waals surface area contributed by atoms with Crippen LogP contribution in [0.1, 0.15) is 32.8 Å². The molecule has 0 fully saturated rings. The van der Waals surface area contributed by atoms with E-state index in [9.17, 15) is 0 Å². The Labute approximate surface area is 111 Å². The predicted molar refractivity (Wildman–Crippen MR) is 77.8 cm³/mol. The standard InChI is InChI=1S/C15H26N2O/c1-5-12(3)10-17(6-2)11-13-7-8-14(18-4)9-15(13)16/h7-9,12H,5-6,10-11,16H2,1-4H3. The van der Waals surface area contributed by atoms with Gasteiger partial charge in [-0.3, -0.25) is 4.90 Å². The third-order valence-electron chi connectivity index (χ3n) is 3.46. The number of nitrogens with two attached hydrogens (primary N) is 1. The summed E-state index contributed by atoms with van der Waals surface area (Å²) in [6.45, 7) is 9.81. The van der Waals surface area contributed by atoms with Gasteiger partial charge in [0.2, 0.25) is 0 Å². The van der Waals surface area contributed by atoms with Crippen molar-refractivity contribution in [2.24, 2.45) is 5.92 Å². The Kier molecular flexibility index (Phi) is 5.99. The minimum atomic E-state index is 0.726. The van der Waals surface area contributed by atoms with Crippen molar-refractivity contribution in [2.75, 3.05) is 25.9 Å². The summed E-state index contributed by atoms with van der Waals surface area (Å²) in [6.07, 6.45) is 1.22. The Balaban J connectivity index is 2.69. The molecule has 102 valence electrons. The van der Waals surface area contributed by atoms with E-state index in [-0.39, 0.29) is 0 Å². The number of benzene rings is 1. The van der Waals surface area contributed by atoms with Gasteiger partial charge >= 0.3 is 0 Å². The van der Waals surface area contributed by atoms with Gasteiger partial charge in [-0.05, 0) is 24.1 Å². The number of anilines is 1. The summed E-state index contributed by atoms with van der Waals surface area (Å²) in [5, 5.41) is 0. The molecule has 0 amide bonds. The van der Waals surface area contributed by atoms with Crippen LogP contribution in [0.3, 0.4) is 0 Å². The Hall–Kier alpha value is -1.22. The van der Waals surface area contributed by atoms with Crippen LogP contribution in [0.2, 0.25) is 0 Å². The van der Waals surface area contributed by atoms with Gasteiger partial charge < -0.3 is 10.5 Å². The molecule has 3 nitrogen and oxygen atoms in total. The molecule has 0 aliphatic rings. The number of nitrogen functional groups attached to an aromatic ring is 1. The molecule has 1 aromatic rings.